The summed E-state index contributed by atoms with van der Waals surface area (Å²) >= 11 is 0. The van der Waals surface area contributed by atoms with Gasteiger partial charge in [0.1, 0.15) is 6.54 Å². The highest BCUT2D eigenvalue weighted by Crippen LogP contribution is 2.11. The van der Waals surface area contributed by atoms with E-state index in [2.05, 4.69) is 84.6 Å². The van der Waals surface area contributed by atoms with Crippen molar-refractivity contribution in [1.29, 1.82) is 0 Å². The molecule has 1 saturated heterocycles. The molecular formula is C21H29N4+. The van der Waals surface area contributed by atoms with E-state index in [0.717, 1.165) is 38.3 Å². The van der Waals surface area contributed by atoms with E-state index in [0.29, 0.717) is 0 Å². The van der Waals surface area contributed by atoms with Gasteiger partial charge in [-0.15, -0.1) is 0 Å². The maximum absolute atomic E-state index is 4.66. The summed E-state index contributed by atoms with van der Waals surface area (Å²) in [6, 6.07) is 17.4. The molecule has 0 bridgehead atoms. The molecule has 0 saturated carbocycles. The summed E-state index contributed by atoms with van der Waals surface area (Å²) in [4.78, 5) is 3.75. The van der Waals surface area contributed by atoms with Gasteiger partial charge in [0.15, 0.2) is 0 Å². The maximum Gasteiger partial charge on any atom is 0.103 e. The zero-order valence-electron chi connectivity index (χ0n) is 15.6. The van der Waals surface area contributed by atoms with Crippen molar-refractivity contribution in [3.63, 3.8) is 0 Å². The van der Waals surface area contributed by atoms with E-state index in [4.69, 9.17) is 0 Å². The van der Waals surface area contributed by atoms with Crippen molar-refractivity contribution in [2.24, 2.45) is 5.10 Å². The number of aryl methyl sites for hydroxylation is 1. The minimum atomic E-state index is 1.02. The molecule has 25 heavy (non-hydrogen) atoms. The third-order valence-corrected chi connectivity index (χ3v) is 4.80. The Morgan fingerprint density at radius 1 is 1.00 bits per heavy atom. The van der Waals surface area contributed by atoms with E-state index in [-0.39, 0.29) is 0 Å². The van der Waals surface area contributed by atoms with Crippen molar-refractivity contribution < 1.29 is 4.90 Å². The minimum absolute atomic E-state index is 1.02. The number of hydrazone groups is 1. The molecule has 0 atom stereocenters. The van der Waals surface area contributed by atoms with Crippen LogP contribution in [0.3, 0.4) is 0 Å². The Labute approximate surface area is 151 Å². The fourth-order valence-corrected chi connectivity index (χ4v) is 3.10. The molecule has 2 aromatic rings. The summed E-state index contributed by atoms with van der Waals surface area (Å²) in [5, 5.41) is 6.86. The molecule has 0 spiro atoms. The predicted molar refractivity (Wildman–Crippen MR) is 106 cm³/mol. The third-order valence-electron chi connectivity index (χ3n) is 4.80. The van der Waals surface area contributed by atoms with Gasteiger partial charge < -0.3 is 9.80 Å². The molecule has 1 fully saturated rings. The second-order valence-electron chi connectivity index (χ2n) is 7.10. The van der Waals surface area contributed by atoms with Crippen LogP contribution >= 0.6 is 0 Å². The number of benzene rings is 2. The van der Waals surface area contributed by atoms with Gasteiger partial charge in [-0.2, -0.15) is 5.10 Å². The van der Waals surface area contributed by atoms with E-state index in [1.165, 1.54) is 16.8 Å². The first-order chi connectivity index (χ1) is 12.1. The van der Waals surface area contributed by atoms with E-state index in [1.54, 1.807) is 4.90 Å². The lowest BCUT2D eigenvalue weighted by Gasteiger charge is -2.30. The number of anilines is 1. The van der Waals surface area contributed by atoms with Crippen LogP contribution in [-0.2, 0) is 6.54 Å². The molecule has 0 radical (unpaired) electrons. The average Bonchev–Trinajstić information content (AvgIpc) is 2.63. The Kier molecular flexibility index (Phi) is 5.71. The fraction of sp³-hybridized carbons (Fsp3) is 0.381. The molecule has 0 aliphatic carbocycles. The van der Waals surface area contributed by atoms with Crippen LogP contribution in [0.5, 0.6) is 0 Å². The Hall–Kier alpha value is -2.33. The highest BCUT2D eigenvalue weighted by Gasteiger charge is 2.18. The highest BCUT2D eigenvalue weighted by atomic mass is 15.5. The first-order valence-electron chi connectivity index (χ1n) is 9.05. The normalized spacial score (nSPS) is 15.7. The second kappa shape index (κ2) is 8.17. The van der Waals surface area contributed by atoms with Gasteiger partial charge in [0.2, 0.25) is 0 Å². The topological polar surface area (TPSA) is 23.3 Å². The molecule has 3 rings (SSSR count). The van der Waals surface area contributed by atoms with Crippen molar-refractivity contribution in [3.05, 3.63) is 65.2 Å². The number of hydrogen-bond donors (Lipinski definition) is 1. The van der Waals surface area contributed by atoms with Gasteiger partial charge in [0.05, 0.1) is 32.4 Å². The number of rotatable bonds is 5. The Balaban J connectivity index is 1.47. The van der Waals surface area contributed by atoms with Gasteiger partial charge in [-0.1, -0.05) is 42.0 Å². The first kappa shape index (κ1) is 17.5. The van der Waals surface area contributed by atoms with Crippen LogP contribution in [0, 0.1) is 6.92 Å². The largest absolute Gasteiger partial charge is 0.378 e. The van der Waals surface area contributed by atoms with E-state index < -0.39 is 0 Å². The Bertz CT molecular complexity index is 681. The first-order valence-corrected chi connectivity index (χ1v) is 9.05. The standard InChI is InChI=1S/C21H28N4/c1-18-4-6-20(7-5-18)17-24-12-14-25(15-13-24)22-16-19-8-10-21(11-9-19)23(2)3/h4-11,16H,12-15,17H2,1-3H3/p+1. The molecule has 4 heteroatoms. The van der Waals surface area contributed by atoms with Crippen molar-refractivity contribution in [2.75, 3.05) is 45.2 Å². The average molecular weight is 337 g/mol. The van der Waals surface area contributed by atoms with Crippen LogP contribution in [0.4, 0.5) is 5.69 Å². The number of nitrogens with one attached hydrogen (secondary N) is 1. The summed E-state index contributed by atoms with van der Waals surface area (Å²) in [6.07, 6.45) is 1.98. The molecule has 1 aliphatic heterocycles. The van der Waals surface area contributed by atoms with Crippen LogP contribution in [0.2, 0.25) is 0 Å². The quantitative estimate of drug-likeness (QED) is 0.841. The lowest BCUT2D eigenvalue weighted by molar-refractivity contribution is -0.918. The van der Waals surface area contributed by atoms with E-state index in [9.17, 15) is 0 Å². The fourth-order valence-electron chi connectivity index (χ4n) is 3.10. The van der Waals surface area contributed by atoms with Crippen molar-refractivity contribution in [1.82, 2.24) is 5.01 Å². The monoisotopic (exact) mass is 337 g/mol. The zero-order valence-corrected chi connectivity index (χ0v) is 15.6. The number of hydrogen-bond acceptors (Lipinski definition) is 3. The summed E-state index contributed by atoms with van der Waals surface area (Å²) < 4.78 is 0. The minimum Gasteiger partial charge on any atom is -0.378 e. The molecule has 1 heterocycles. The molecule has 132 valence electrons. The molecule has 1 N–H and O–H groups in total. The SMILES string of the molecule is Cc1ccc(C[NH+]2CCN(N=Cc3ccc(N(C)C)cc3)CC2)cc1. The lowest BCUT2D eigenvalue weighted by atomic mass is 10.1. The number of piperazine rings is 1. The molecule has 0 unspecified atom stereocenters. The zero-order chi connectivity index (χ0) is 17.6. The van der Waals surface area contributed by atoms with Gasteiger partial charge in [-0.25, -0.2) is 0 Å². The molecule has 4 nitrogen and oxygen atoms in total. The number of quaternary nitrogens is 1. The molecule has 0 amide bonds. The Morgan fingerprint density at radius 3 is 2.24 bits per heavy atom. The van der Waals surface area contributed by atoms with Crippen molar-refractivity contribution in [3.8, 4) is 0 Å². The third kappa shape index (κ3) is 5.07. The van der Waals surface area contributed by atoms with Crippen LogP contribution in [0.15, 0.2) is 53.6 Å². The van der Waals surface area contributed by atoms with Gasteiger partial charge >= 0.3 is 0 Å². The van der Waals surface area contributed by atoms with Gasteiger partial charge in [0.25, 0.3) is 0 Å². The maximum atomic E-state index is 4.66. The van der Waals surface area contributed by atoms with E-state index in [1.807, 2.05) is 6.21 Å². The van der Waals surface area contributed by atoms with Crippen LogP contribution in [-0.4, -0.2) is 51.5 Å². The smallest absolute Gasteiger partial charge is 0.103 e. The molecule has 0 aromatic heterocycles. The predicted octanol–water partition coefficient (Wildman–Crippen LogP) is 1.80. The highest BCUT2D eigenvalue weighted by molar-refractivity contribution is 5.80. The summed E-state index contributed by atoms with van der Waals surface area (Å²) in [5.74, 6) is 0. The van der Waals surface area contributed by atoms with Gasteiger partial charge in [-0.3, -0.25) is 5.01 Å². The summed E-state index contributed by atoms with van der Waals surface area (Å²) in [6.45, 7) is 7.59. The van der Waals surface area contributed by atoms with E-state index >= 15 is 0 Å². The second-order valence-corrected chi connectivity index (χ2v) is 7.10. The van der Waals surface area contributed by atoms with Gasteiger partial charge in [-0.05, 0) is 24.6 Å². The van der Waals surface area contributed by atoms with Crippen molar-refractivity contribution in [2.45, 2.75) is 13.5 Å². The lowest BCUT2D eigenvalue weighted by Crippen LogP contribution is -3.13. The molecule has 2 aromatic carbocycles. The van der Waals surface area contributed by atoms with Gasteiger partial charge in [0, 0.05) is 25.3 Å². The molecule has 1 aliphatic rings. The molecular weight excluding hydrogens is 308 g/mol. The summed E-state index contributed by atoms with van der Waals surface area (Å²) in [5.41, 5.74) is 5.13. The number of nitrogens with zero attached hydrogens (tertiary/aromatic N) is 3. The van der Waals surface area contributed by atoms with Crippen molar-refractivity contribution >= 4 is 11.9 Å². The van der Waals surface area contributed by atoms with Crippen LogP contribution in [0.25, 0.3) is 0 Å². The summed E-state index contributed by atoms with van der Waals surface area (Å²) in [7, 11) is 4.11. The Morgan fingerprint density at radius 2 is 1.64 bits per heavy atom. The van der Waals surface area contributed by atoms with Crippen LogP contribution in [0.1, 0.15) is 16.7 Å². The van der Waals surface area contributed by atoms with Crippen LogP contribution < -0.4 is 9.80 Å².